The summed E-state index contributed by atoms with van der Waals surface area (Å²) in [7, 11) is 0. The van der Waals surface area contributed by atoms with Crippen LogP contribution in [-0.2, 0) is 10.2 Å². The zero-order valence-electron chi connectivity index (χ0n) is 16.8. The minimum Gasteiger partial charge on any atom is -0.444 e. The average Bonchev–Trinajstić information content (AvgIpc) is 2.96. The second kappa shape index (κ2) is 7.38. The highest BCUT2D eigenvalue weighted by Gasteiger charge is 2.21. The summed E-state index contributed by atoms with van der Waals surface area (Å²) in [6, 6.07) is 3.21. The summed E-state index contributed by atoms with van der Waals surface area (Å²) in [5.41, 5.74) is 0.387. The van der Waals surface area contributed by atoms with Gasteiger partial charge in [0, 0.05) is 17.7 Å². The fourth-order valence-electron chi connectivity index (χ4n) is 2.07. The first kappa shape index (κ1) is 20.4. The zero-order valence-corrected chi connectivity index (χ0v) is 16.8. The zero-order chi connectivity index (χ0) is 20.4. The van der Waals surface area contributed by atoms with Gasteiger partial charge in [-0.1, -0.05) is 25.9 Å². The number of aryl methyl sites for hydroxylation is 1. The molecule has 0 aliphatic heterocycles. The van der Waals surface area contributed by atoms with Crippen molar-refractivity contribution in [2.75, 3.05) is 10.6 Å². The predicted molar refractivity (Wildman–Crippen MR) is 102 cm³/mol. The first-order valence-electron chi connectivity index (χ1n) is 8.60. The maximum atomic E-state index is 12.5. The lowest BCUT2D eigenvalue weighted by Gasteiger charge is -2.20. The quantitative estimate of drug-likeness (QED) is 0.831. The first-order valence-corrected chi connectivity index (χ1v) is 8.60. The highest BCUT2D eigenvalue weighted by atomic mass is 16.6. The Morgan fingerprint density at radius 1 is 1.07 bits per heavy atom. The SMILES string of the molecule is Cc1ncc(C(=O)Nc2cc(C(C)(C)C)on2)cc1NC(=O)OC(C)(C)C. The number of ether oxygens (including phenoxy) is 1. The number of carbonyl (C=O) groups excluding carboxylic acids is 2. The summed E-state index contributed by atoms with van der Waals surface area (Å²) in [6.07, 6.45) is 0.812. The van der Waals surface area contributed by atoms with Gasteiger partial charge in [-0.05, 0) is 33.8 Å². The van der Waals surface area contributed by atoms with Crippen molar-refractivity contribution in [2.45, 2.75) is 59.5 Å². The second-order valence-electron chi connectivity index (χ2n) is 8.26. The molecule has 2 aromatic heterocycles. The smallest absolute Gasteiger partial charge is 0.412 e. The van der Waals surface area contributed by atoms with E-state index in [1.54, 1.807) is 33.8 Å². The van der Waals surface area contributed by atoms with Gasteiger partial charge in [-0.15, -0.1) is 0 Å². The Balaban J connectivity index is 2.13. The number of nitrogens with zero attached hydrogens (tertiary/aromatic N) is 2. The molecule has 0 spiro atoms. The number of pyridine rings is 1. The Labute approximate surface area is 158 Å². The van der Waals surface area contributed by atoms with Crippen molar-refractivity contribution in [3.8, 4) is 0 Å². The molecule has 0 aromatic carbocycles. The summed E-state index contributed by atoms with van der Waals surface area (Å²) in [4.78, 5) is 28.6. The molecule has 0 aliphatic rings. The lowest BCUT2D eigenvalue weighted by atomic mass is 9.93. The fraction of sp³-hybridized carbons (Fsp3) is 0.474. The monoisotopic (exact) mass is 374 g/mol. The molecule has 0 fully saturated rings. The fourth-order valence-corrected chi connectivity index (χ4v) is 2.07. The van der Waals surface area contributed by atoms with Crippen LogP contribution in [0.2, 0.25) is 0 Å². The van der Waals surface area contributed by atoms with Gasteiger partial charge < -0.3 is 14.6 Å². The van der Waals surface area contributed by atoms with Crippen molar-refractivity contribution in [2.24, 2.45) is 0 Å². The minimum absolute atomic E-state index is 0.216. The van der Waals surface area contributed by atoms with Crippen LogP contribution >= 0.6 is 0 Å². The van der Waals surface area contributed by atoms with Crippen molar-refractivity contribution in [3.05, 3.63) is 35.3 Å². The van der Waals surface area contributed by atoms with Gasteiger partial charge in [-0.3, -0.25) is 15.1 Å². The van der Waals surface area contributed by atoms with Crippen LogP contribution in [0.3, 0.4) is 0 Å². The topological polar surface area (TPSA) is 106 Å². The van der Waals surface area contributed by atoms with Crippen LogP contribution in [0, 0.1) is 6.92 Å². The number of amides is 2. The number of carbonyl (C=O) groups is 2. The van der Waals surface area contributed by atoms with Gasteiger partial charge in [0.1, 0.15) is 11.4 Å². The van der Waals surface area contributed by atoms with Crippen LogP contribution in [0.1, 0.15) is 63.4 Å². The number of anilines is 2. The lowest BCUT2D eigenvalue weighted by Crippen LogP contribution is -2.27. The molecule has 146 valence electrons. The molecule has 2 heterocycles. The van der Waals surface area contributed by atoms with Gasteiger partial charge in [-0.2, -0.15) is 0 Å². The summed E-state index contributed by atoms with van der Waals surface area (Å²) in [6.45, 7) is 13.0. The maximum Gasteiger partial charge on any atom is 0.412 e. The molecule has 0 saturated carbocycles. The van der Waals surface area contributed by atoms with Crippen molar-refractivity contribution in [1.82, 2.24) is 10.1 Å². The molecule has 0 atom stereocenters. The molecule has 0 radical (unpaired) electrons. The Morgan fingerprint density at radius 2 is 1.74 bits per heavy atom. The third-order valence-electron chi connectivity index (χ3n) is 3.48. The van der Waals surface area contributed by atoms with Gasteiger partial charge in [0.15, 0.2) is 5.82 Å². The van der Waals surface area contributed by atoms with Gasteiger partial charge in [0.2, 0.25) is 0 Å². The molecule has 8 nitrogen and oxygen atoms in total. The molecule has 8 heteroatoms. The van der Waals surface area contributed by atoms with E-state index in [2.05, 4.69) is 20.8 Å². The second-order valence-corrected chi connectivity index (χ2v) is 8.26. The van der Waals surface area contributed by atoms with Crippen molar-refractivity contribution < 1.29 is 18.8 Å². The number of hydrogen-bond acceptors (Lipinski definition) is 6. The molecular formula is C19H26N4O4. The van der Waals surface area contributed by atoms with Gasteiger partial charge in [0.25, 0.3) is 5.91 Å². The summed E-state index contributed by atoms with van der Waals surface area (Å²) < 4.78 is 10.5. The van der Waals surface area contributed by atoms with Crippen LogP contribution < -0.4 is 10.6 Å². The molecule has 0 bridgehead atoms. The molecular weight excluding hydrogens is 348 g/mol. The van der Waals surface area contributed by atoms with Gasteiger partial charge in [0.05, 0.1) is 16.9 Å². The summed E-state index contributed by atoms with van der Waals surface area (Å²) in [5.74, 6) is 0.558. The van der Waals surface area contributed by atoms with Crippen LogP contribution in [0.5, 0.6) is 0 Å². The molecule has 2 N–H and O–H groups in total. The predicted octanol–water partition coefficient (Wildman–Crippen LogP) is 4.27. The Bertz CT molecular complexity index is 844. The van der Waals surface area contributed by atoms with Crippen LogP contribution in [0.4, 0.5) is 16.3 Å². The summed E-state index contributed by atoms with van der Waals surface area (Å²) in [5, 5.41) is 9.13. The number of nitrogens with one attached hydrogen (secondary N) is 2. The summed E-state index contributed by atoms with van der Waals surface area (Å²) >= 11 is 0. The van der Waals surface area contributed by atoms with Gasteiger partial charge >= 0.3 is 6.09 Å². The van der Waals surface area contributed by atoms with E-state index in [1.807, 2.05) is 20.8 Å². The molecule has 27 heavy (non-hydrogen) atoms. The largest absolute Gasteiger partial charge is 0.444 e. The molecule has 2 amide bonds. The third-order valence-corrected chi connectivity index (χ3v) is 3.48. The van der Waals surface area contributed by atoms with E-state index in [0.717, 1.165) is 0 Å². The number of rotatable bonds is 3. The van der Waals surface area contributed by atoms with Crippen molar-refractivity contribution in [1.29, 1.82) is 0 Å². The number of aromatic nitrogens is 2. The van der Waals surface area contributed by atoms with Crippen LogP contribution in [-0.4, -0.2) is 27.7 Å². The van der Waals surface area contributed by atoms with E-state index >= 15 is 0 Å². The standard InChI is InChI=1S/C19H26N4O4/c1-11-13(21-17(25)26-19(5,6)7)8-12(10-20-11)16(24)22-15-9-14(27-23-15)18(2,3)4/h8-10H,1-7H3,(H,21,25)(H,22,23,24). The van der Waals surface area contributed by atoms with E-state index in [9.17, 15) is 9.59 Å². The van der Waals surface area contributed by atoms with E-state index < -0.39 is 17.6 Å². The van der Waals surface area contributed by atoms with Crippen LogP contribution in [0.25, 0.3) is 0 Å². The Hall–Kier alpha value is -2.90. The van der Waals surface area contributed by atoms with Crippen molar-refractivity contribution >= 4 is 23.5 Å². The normalized spacial score (nSPS) is 11.8. The van der Waals surface area contributed by atoms with Gasteiger partial charge in [-0.25, -0.2) is 4.79 Å². The molecule has 2 rings (SSSR count). The molecule has 0 saturated heterocycles. The Kier molecular flexibility index (Phi) is 5.58. The van der Waals surface area contributed by atoms with Crippen LogP contribution in [0.15, 0.2) is 22.9 Å². The van der Waals surface area contributed by atoms with E-state index in [4.69, 9.17) is 9.26 Å². The molecule has 0 unspecified atom stereocenters. The van der Waals surface area contributed by atoms with E-state index in [0.29, 0.717) is 23.0 Å². The van der Waals surface area contributed by atoms with Crippen molar-refractivity contribution in [3.63, 3.8) is 0 Å². The maximum absolute atomic E-state index is 12.5. The lowest BCUT2D eigenvalue weighted by molar-refractivity contribution is 0.0635. The molecule has 0 aliphatic carbocycles. The third kappa shape index (κ3) is 5.80. The van der Waals surface area contributed by atoms with E-state index in [1.165, 1.54) is 12.3 Å². The van der Waals surface area contributed by atoms with E-state index in [-0.39, 0.29) is 11.0 Å². The molecule has 2 aromatic rings. The minimum atomic E-state index is -0.627. The first-order chi connectivity index (χ1) is 12.3. The Morgan fingerprint density at radius 3 is 2.30 bits per heavy atom. The highest BCUT2D eigenvalue weighted by molar-refractivity contribution is 6.04. The highest BCUT2D eigenvalue weighted by Crippen LogP contribution is 2.25. The average molecular weight is 374 g/mol. The number of hydrogen-bond donors (Lipinski definition) is 2.